The van der Waals surface area contributed by atoms with Crippen molar-refractivity contribution < 1.29 is 9.59 Å². The maximum Gasteiger partial charge on any atom is 0.240 e. The monoisotopic (exact) mass is 460 g/mol. The summed E-state index contributed by atoms with van der Waals surface area (Å²) in [5, 5.41) is 4.21. The third kappa shape index (κ3) is 4.99. The molecule has 3 heterocycles. The van der Waals surface area contributed by atoms with E-state index >= 15 is 0 Å². The third-order valence-corrected chi connectivity index (χ3v) is 7.31. The Hall–Kier alpha value is -3.03. The highest BCUT2D eigenvalue weighted by molar-refractivity contribution is 7.99. The van der Waals surface area contributed by atoms with E-state index in [1.54, 1.807) is 4.90 Å². The molecule has 2 aliphatic rings. The van der Waals surface area contributed by atoms with Gasteiger partial charge in [-0.3, -0.25) is 14.5 Å². The Morgan fingerprint density at radius 1 is 0.939 bits per heavy atom. The molecular formula is C26H28N4O2S. The van der Waals surface area contributed by atoms with Crippen LogP contribution < -0.4 is 10.2 Å². The van der Waals surface area contributed by atoms with Gasteiger partial charge in [0.05, 0.1) is 22.2 Å². The van der Waals surface area contributed by atoms with Gasteiger partial charge in [-0.25, -0.2) is 0 Å². The van der Waals surface area contributed by atoms with Gasteiger partial charge < -0.3 is 14.8 Å². The predicted octanol–water partition coefficient (Wildman–Crippen LogP) is 3.70. The van der Waals surface area contributed by atoms with Gasteiger partial charge in [0, 0.05) is 31.9 Å². The molecule has 3 aromatic rings. The molecule has 0 atom stereocenters. The zero-order valence-corrected chi connectivity index (χ0v) is 19.3. The maximum atomic E-state index is 13.0. The standard InChI is InChI=1S/C26H28N4O2S/c31-24(27-21-12-15-28(16-13-21)17-20-7-2-1-3-8-20)18-30-23-10-5-4-9-22(23)29-14-6-11-26(29)33-19-25(30)32/h1-11,14,21H,12-13,15-19H2,(H,27,31). The summed E-state index contributed by atoms with van der Waals surface area (Å²) >= 11 is 1.50. The maximum absolute atomic E-state index is 13.0. The lowest BCUT2D eigenvalue weighted by Crippen LogP contribution is -2.48. The number of hydrogen-bond acceptors (Lipinski definition) is 4. The average molecular weight is 461 g/mol. The number of benzene rings is 2. The fourth-order valence-corrected chi connectivity index (χ4v) is 5.49. The molecule has 0 radical (unpaired) electrons. The van der Waals surface area contributed by atoms with Crippen molar-refractivity contribution in [1.82, 2.24) is 14.8 Å². The topological polar surface area (TPSA) is 57.6 Å². The number of rotatable bonds is 5. The number of fused-ring (bicyclic) bond motifs is 3. The Kier molecular flexibility index (Phi) is 6.51. The second-order valence-corrected chi connectivity index (χ2v) is 9.57. The molecule has 0 spiro atoms. The molecule has 6 nitrogen and oxygen atoms in total. The summed E-state index contributed by atoms with van der Waals surface area (Å²) in [5.74, 6) is 0.162. The molecule has 7 heteroatoms. The van der Waals surface area contributed by atoms with Crippen LogP contribution in [0.2, 0.25) is 0 Å². The van der Waals surface area contributed by atoms with Crippen molar-refractivity contribution in [3.05, 3.63) is 78.5 Å². The number of para-hydroxylation sites is 2. The third-order valence-electron chi connectivity index (χ3n) is 6.29. The van der Waals surface area contributed by atoms with Gasteiger partial charge >= 0.3 is 0 Å². The van der Waals surface area contributed by atoms with Crippen LogP contribution >= 0.6 is 11.8 Å². The SMILES string of the molecule is O=C(CN1C(=O)CSc2cccn2-c2ccccc21)NC1CCN(Cc2ccccc2)CC1. The van der Waals surface area contributed by atoms with Gasteiger partial charge in [0.25, 0.3) is 0 Å². The van der Waals surface area contributed by atoms with E-state index in [9.17, 15) is 9.59 Å². The van der Waals surface area contributed by atoms with Gasteiger partial charge in [0.1, 0.15) is 6.54 Å². The van der Waals surface area contributed by atoms with E-state index in [1.165, 1.54) is 17.3 Å². The van der Waals surface area contributed by atoms with Gasteiger partial charge in [-0.1, -0.05) is 54.2 Å². The number of carbonyl (C=O) groups excluding carboxylic acids is 2. The van der Waals surface area contributed by atoms with Crippen LogP contribution in [0.1, 0.15) is 18.4 Å². The summed E-state index contributed by atoms with van der Waals surface area (Å²) < 4.78 is 2.08. The lowest BCUT2D eigenvalue weighted by atomic mass is 10.0. The van der Waals surface area contributed by atoms with Crippen molar-refractivity contribution in [3.63, 3.8) is 0 Å². The predicted molar refractivity (Wildman–Crippen MR) is 132 cm³/mol. The fraction of sp³-hybridized carbons (Fsp3) is 0.308. The van der Waals surface area contributed by atoms with E-state index in [0.29, 0.717) is 5.75 Å². The first-order valence-electron chi connectivity index (χ1n) is 11.4. The van der Waals surface area contributed by atoms with E-state index in [2.05, 4.69) is 39.0 Å². The molecule has 2 amide bonds. The fourth-order valence-electron chi connectivity index (χ4n) is 4.59. The quantitative estimate of drug-likeness (QED) is 0.631. The average Bonchev–Trinajstić information content (AvgIpc) is 3.30. The van der Waals surface area contributed by atoms with Crippen molar-refractivity contribution in [2.45, 2.75) is 30.5 Å². The normalized spacial score (nSPS) is 17.1. The molecule has 2 aromatic carbocycles. The van der Waals surface area contributed by atoms with Crippen molar-refractivity contribution in [3.8, 4) is 5.69 Å². The number of nitrogens with one attached hydrogen (secondary N) is 1. The molecule has 1 saturated heterocycles. The summed E-state index contributed by atoms with van der Waals surface area (Å²) in [5.41, 5.74) is 3.01. The van der Waals surface area contributed by atoms with Crippen molar-refractivity contribution >= 4 is 29.3 Å². The van der Waals surface area contributed by atoms with Crippen LogP contribution in [0.3, 0.4) is 0 Å². The number of anilines is 1. The number of aromatic nitrogens is 1. The first-order chi connectivity index (χ1) is 16.2. The van der Waals surface area contributed by atoms with Crippen molar-refractivity contribution in [2.24, 2.45) is 0 Å². The van der Waals surface area contributed by atoms with Crippen LogP contribution in [0, 0.1) is 0 Å². The smallest absolute Gasteiger partial charge is 0.240 e. The molecule has 1 N–H and O–H groups in total. The number of likely N-dealkylation sites (tertiary alicyclic amines) is 1. The Bertz CT molecular complexity index is 1120. The minimum atomic E-state index is -0.0991. The van der Waals surface area contributed by atoms with Gasteiger partial charge in [0.2, 0.25) is 11.8 Å². The van der Waals surface area contributed by atoms with E-state index in [-0.39, 0.29) is 24.4 Å². The van der Waals surface area contributed by atoms with Crippen molar-refractivity contribution in [1.29, 1.82) is 0 Å². The minimum Gasteiger partial charge on any atom is -0.352 e. The number of nitrogens with zero attached hydrogens (tertiary/aromatic N) is 3. The lowest BCUT2D eigenvalue weighted by molar-refractivity contribution is -0.123. The van der Waals surface area contributed by atoms with E-state index in [4.69, 9.17) is 0 Å². The van der Waals surface area contributed by atoms with Gasteiger partial charge in [-0.2, -0.15) is 0 Å². The zero-order chi connectivity index (χ0) is 22.6. The second kappa shape index (κ2) is 9.85. The highest BCUT2D eigenvalue weighted by Gasteiger charge is 2.27. The number of thioether (sulfide) groups is 1. The van der Waals surface area contributed by atoms with Crippen LogP contribution in [0.15, 0.2) is 78.0 Å². The molecule has 1 fully saturated rings. The second-order valence-electron chi connectivity index (χ2n) is 8.58. The summed E-state index contributed by atoms with van der Waals surface area (Å²) in [4.78, 5) is 30.0. The van der Waals surface area contributed by atoms with E-state index in [1.807, 2.05) is 48.7 Å². The number of carbonyl (C=O) groups is 2. The summed E-state index contributed by atoms with van der Waals surface area (Å²) in [6.45, 7) is 2.90. The van der Waals surface area contributed by atoms with E-state index in [0.717, 1.165) is 48.9 Å². The summed E-state index contributed by atoms with van der Waals surface area (Å²) in [7, 11) is 0. The first kappa shape index (κ1) is 21.8. The zero-order valence-electron chi connectivity index (χ0n) is 18.5. The molecule has 2 aliphatic heterocycles. The molecule has 5 rings (SSSR count). The van der Waals surface area contributed by atoms with Gasteiger partial charge in [-0.05, 0) is 42.7 Å². The number of hydrogen-bond donors (Lipinski definition) is 1. The molecule has 0 saturated carbocycles. The molecule has 33 heavy (non-hydrogen) atoms. The molecule has 170 valence electrons. The molecular weight excluding hydrogens is 432 g/mol. The Morgan fingerprint density at radius 2 is 1.67 bits per heavy atom. The van der Waals surface area contributed by atoms with Crippen LogP contribution in [0.25, 0.3) is 5.69 Å². The van der Waals surface area contributed by atoms with Crippen LogP contribution in [-0.2, 0) is 16.1 Å². The van der Waals surface area contributed by atoms with Crippen LogP contribution in [0.5, 0.6) is 0 Å². The van der Waals surface area contributed by atoms with Crippen molar-refractivity contribution in [2.75, 3.05) is 30.3 Å². The summed E-state index contributed by atoms with van der Waals surface area (Å²) in [6, 6.07) is 22.4. The Labute approximate surface area is 198 Å². The van der Waals surface area contributed by atoms with Crippen LogP contribution in [0.4, 0.5) is 5.69 Å². The van der Waals surface area contributed by atoms with Crippen LogP contribution in [-0.4, -0.2) is 52.7 Å². The molecule has 1 aromatic heterocycles. The molecule has 0 aliphatic carbocycles. The van der Waals surface area contributed by atoms with Gasteiger partial charge in [0.15, 0.2) is 0 Å². The minimum absolute atomic E-state index is 0.0389. The Morgan fingerprint density at radius 3 is 2.45 bits per heavy atom. The highest BCUT2D eigenvalue weighted by Crippen LogP contribution is 2.33. The molecule has 0 unspecified atom stereocenters. The van der Waals surface area contributed by atoms with E-state index < -0.39 is 0 Å². The molecule has 0 bridgehead atoms. The number of piperidine rings is 1. The number of amides is 2. The highest BCUT2D eigenvalue weighted by atomic mass is 32.2. The van der Waals surface area contributed by atoms with Gasteiger partial charge in [-0.15, -0.1) is 0 Å². The lowest BCUT2D eigenvalue weighted by Gasteiger charge is -2.33. The summed E-state index contributed by atoms with van der Waals surface area (Å²) in [6.07, 6.45) is 3.84. The largest absolute Gasteiger partial charge is 0.352 e. The Balaban J connectivity index is 1.22. The first-order valence-corrected chi connectivity index (χ1v) is 12.4.